The number of nitrogens with zero attached hydrogens (tertiary/aromatic N) is 1. The van der Waals surface area contributed by atoms with Gasteiger partial charge in [-0.2, -0.15) is 0 Å². The van der Waals surface area contributed by atoms with Crippen LogP contribution in [0.5, 0.6) is 0 Å². The third-order valence-corrected chi connectivity index (χ3v) is 3.84. The summed E-state index contributed by atoms with van der Waals surface area (Å²) in [5.74, 6) is 0. The third kappa shape index (κ3) is 3.95. The fourth-order valence-electron chi connectivity index (χ4n) is 2.13. The van der Waals surface area contributed by atoms with E-state index in [0.29, 0.717) is 6.04 Å². The van der Waals surface area contributed by atoms with E-state index in [9.17, 15) is 5.11 Å². The molecule has 0 heterocycles. The Bertz CT molecular complexity index is 373. The van der Waals surface area contributed by atoms with Crippen molar-refractivity contribution in [3.8, 4) is 0 Å². The number of aliphatic hydroxyl groups excluding tert-OH is 1. The van der Waals surface area contributed by atoms with Gasteiger partial charge in [0.2, 0.25) is 0 Å². The first-order valence-corrected chi connectivity index (χ1v) is 7.14. The molecule has 0 aliphatic rings. The lowest BCUT2D eigenvalue weighted by Gasteiger charge is -2.36. The first-order chi connectivity index (χ1) is 8.96. The summed E-state index contributed by atoms with van der Waals surface area (Å²) in [5.41, 5.74) is 2.21. The van der Waals surface area contributed by atoms with Crippen molar-refractivity contribution in [2.24, 2.45) is 0 Å². The van der Waals surface area contributed by atoms with Gasteiger partial charge in [0.05, 0.1) is 12.1 Å². The van der Waals surface area contributed by atoms with Crippen molar-refractivity contribution in [1.29, 1.82) is 0 Å². The van der Waals surface area contributed by atoms with E-state index in [1.54, 1.807) is 0 Å². The molecule has 0 radical (unpaired) electrons. The van der Waals surface area contributed by atoms with Crippen LogP contribution in [0.4, 0.5) is 5.69 Å². The molecule has 1 unspecified atom stereocenters. The van der Waals surface area contributed by atoms with Crippen molar-refractivity contribution in [2.75, 3.05) is 25.1 Å². The minimum Gasteiger partial charge on any atom is -0.394 e. The van der Waals surface area contributed by atoms with Crippen LogP contribution in [0, 0.1) is 0 Å². The Morgan fingerprint density at radius 2 is 1.79 bits per heavy atom. The molecule has 0 saturated carbocycles. The van der Waals surface area contributed by atoms with Gasteiger partial charge in [-0.25, -0.2) is 0 Å². The Morgan fingerprint density at radius 3 is 2.21 bits per heavy atom. The summed E-state index contributed by atoms with van der Waals surface area (Å²) >= 11 is 0. The highest BCUT2D eigenvalue weighted by atomic mass is 16.3. The molecule has 2 N–H and O–H groups in total. The van der Waals surface area contributed by atoms with Gasteiger partial charge in [0.15, 0.2) is 0 Å². The Hall–Kier alpha value is -1.06. The largest absolute Gasteiger partial charge is 0.394 e. The van der Waals surface area contributed by atoms with Gasteiger partial charge in [-0.15, -0.1) is 0 Å². The Balaban J connectivity index is 2.87. The Morgan fingerprint density at radius 1 is 1.21 bits per heavy atom. The number of anilines is 1. The zero-order valence-corrected chi connectivity index (χ0v) is 12.9. The monoisotopic (exact) mass is 264 g/mol. The lowest BCUT2D eigenvalue weighted by Crippen LogP contribution is -2.44. The second kappa shape index (κ2) is 6.92. The van der Waals surface area contributed by atoms with Gasteiger partial charge in [-0.1, -0.05) is 26.0 Å². The second-order valence-corrected chi connectivity index (χ2v) is 5.64. The van der Waals surface area contributed by atoms with E-state index in [1.807, 2.05) is 20.9 Å². The molecule has 1 aromatic rings. The summed E-state index contributed by atoms with van der Waals surface area (Å²) in [6.07, 6.45) is 1.09. The molecule has 3 nitrogen and oxygen atoms in total. The number of rotatable bonds is 7. The van der Waals surface area contributed by atoms with E-state index in [-0.39, 0.29) is 12.1 Å². The molecule has 1 aromatic carbocycles. The van der Waals surface area contributed by atoms with Crippen LogP contribution in [0.1, 0.15) is 45.7 Å². The van der Waals surface area contributed by atoms with Gasteiger partial charge >= 0.3 is 0 Å². The molecule has 1 atom stereocenters. The summed E-state index contributed by atoms with van der Waals surface area (Å²) in [5, 5.41) is 12.9. The van der Waals surface area contributed by atoms with Crippen molar-refractivity contribution in [1.82, 2.24) is 5.32 Å². The predicted molar refractivity (Wildman–Crippen MR) is 82.7 cm³/mol. The van der Waals surface area contributed by atoms with Crippen LogP contribution in [0.15, 0.2) is 24.3 Å². The number of aliphatic hydroxyl groups is 1. The Labute approximate surface area is 117 Å². The maximum absolute atomic E-state index is 9.42. The van der Waals surface area contributed by atoms with Crippen molar-refractivity contribution in [3.63, 3.8) is 0 Å². The zero-order chi connectivity index (χ0) is 14.5. The zero-order valence-electron chi connectivity index (χ0n) is 12.9. The molecule has 19 heavy (non-hydrogen) atoms. The first kappa shape index (κ1) is 16.0. The van der Waals surface area contributed by atoms with Crippen LogP contribution in [0.25, 0.3) is 0 Å². The molecule has 0 bridgehead atoms. The van der Waals surface area contributed by atoms with Crippen molar-refractivity contribution in [2.45, 2.75) is 45.7 Å². The fourth-order valence-corrected chi connectivity index (χ4v) is 2.13. The van der Waals surface area contributed by atoms with Crippen LogP contribution in [-0.2, 0) is 0 Å². The summed E-state index contributed by atoms with van der Waals surface area (Å²) in [6, 6.07) is 9.04. The van der Waals surface area contributed by atoms with E-state index in [2.05, 4.69) is 48.3 Å². The molecule has 0 aliphatic heterocycles. The summed E-state index contributed by atoms with van der Waals surface area (Å²) in [6.45, 7) is 9.53. The average Bonchev–Trinajstić information content (AvgIpc) is 2.44. The molecule has 0 fully saturated rings. The Kier molecular flexibility index (Phi) is 5.83. The van der Waals surface area contributed by atoms with Gasteiger partial charge in [0, 0.05) is 18.8 Å². The minimum absolute atomic E-state index is 0.139. The molecule has 0 saturated heterocycles. The van der Waals surface area contributed by atoms with Crippen LogP contribution >= 0.6 is 0 Å². The van der Waals surface area contributed by atoms with Gasteiger partial charge in [0.25, 0.3) is 0 Å². The molecule has 0 aromatic heterocycles. The van der Waals surface area contributed by atoms with Gasteiger partial charge < -0.3 is 15.3 Å². The maximum atomic E-state index is 9.42. The van der Waals surface area contributed by atoms with E-state index >= 15 is 0 Å². The molecule has 3 heteroatoms. The standard InChI is InChI=1S/C16H28N2O/c1-6-15(17-7-2)13-8-10-14(11-9-13)18(5)16(3,4)12-19/h8-11,15,17,19H,6-7,12H2,1-5H3. The number of hydrogen-bond acceptors (Lipinski definition) is 3. The second-order valence-electron chi connectivity index (χ2n) is 5.64. The molecule has 0 spiro atoms. The molecular weight excluding hydrogens is 236 g/mol. The number of hydrogen-bond donors (Lipinski definition) is 2. The van der Waals surface area contributed by atoms with E-state index in [0.717, 1.165) is 18.7 Å². The van der Waals surface area contributed by atoms with E-state index in [4.69, 9.17) is 0 Å². The maximum Gasteiger partial charge on any atom is 0.0658 e. The van der Waals surface area contributed by atoms with Crippen LogP contribution in [0.3, 0.4) is 0 Å². The third-order valence-electron chi connectivity index (χ3n) is 3.84. The topological polar surface area (TPSA) is 35.5 Å². The van der Waals surface area contributed by atoms with Crippen LogP contribution in [0.2, 0.25) is 0 Å². The van der Waals surface area contributed by atoms with Crippen LogP contribution in [-0.4, -0.2) is 30.8 Å². The molecule has 108 valence electrons. The van der Waals surface area contributed by atoms with Gasteiger partial charge in [-0.05, 0) is 44.5 Å². The lowest BCUT2D eigenvalue weighted by atomic mass is 10.0. The highest BCUT2D eigenvalue weighted by molar-refractivity contribution is 5.49. The normalized spacial score (nSPS) is 13.4. The SMILES string of the molecule is CCNC(CC)c1ccc(N(C)C(C)(C)CO)cc1. The number of likely N-dealkylation sites (N-methyl/N-ethyl adjacent to an activating group) is 1. The quantitative estimate of drug-likeness (QED) is 0.795. The van der Waals surface area contributed by atoms with E-state index < -0.39 is 0 Å². The number of benzene rings is 1. The smallest absolute Gasteiger partial charge is 0.0658 e. The highest BCUT2D eigenvalue weighted by Gasteiger charge is 2.22. The van der Waals surface area contributed by atoms with Crippen LogP contribution < -0.4 is 10.2 Å². The minimum atomic E-state index is -0.243. The van der Waals surface area contributed by atoms with E-state index in [1.165, 1.54) is 5.56 Å². The van der Waals surface area contributed by atoms with Gasteiger partial charge in [0.1, 0.15) is 0 Å². The molecule has 0 aliphatic carbocycles. The summed E-state index contributed by atoms with van der Waals surface area (Å²) in [7, 11) is 2.02. The molecule has 0 amide bonds. The molecule has 1 rings (SSSR count). The first-order valence-electron chi connectivity index (χ1n) is 7.14. The fraction of sp³-hybridized carbons (Fsp3) is 0.625. The molecular formula is C16H28N2O. The average molecular weight is 264 g/mol. The summed E-state index contributed by atoms with van der Waals surface area (Å²) in [4.78, 5) is 2.12. The predicted octanol–water partition coefficient (Wildman–Crippen LogP) is 2.95. The summed E-state index contributed by atoms with van der Waals surface area (Å²) < 4.78 is 0. The van der Waals surface area contributed by atoms with Crippen molar-refractivity contribution < 1.29 is 5.11 Å². The number of nitrogens with one attached hydrogen (secondary N) is 1. The lowest BCUT2D eigenvalue weighted by molar-refractivity contribution is 0.216. The van der Waals surface area contributed by atoms with Crippen molar-refractivity contribution in [3.05, 3.63) is 29.8 Å². The highest BCUT2D eigenvalue weighted by Crippen LogP contribution is 2.24. The van der Waals surface area contributed by atoms with Gasteiger partial charge in [-0.3, -0.25) is 0 Å². The van der Waals surface area contributed by atoms with Crippen molar-refractivity contribution >= 4 is 5.69 Å².